The smallest absolute Gasteiger partial charge is 0.141 e. The molecule has 0 saturated heterocycles. The number of halogens is 2. The zero-order valence-corrected chi connectivity index (χ0v) is 11.0. The Morgan fingerprint density at radius 2 is 1.88 bits per heavy atom. The van der Waals surface area contributed by atoms with Gasteiger partial charge in [0.05, 0.1) is 4.47 Å². The Labute approximate surface area is 108 Å². The average molecular weight is 298 g/mol. The molecule has 0 atom stereocenters. The van der Waals surface area contributed by atoms with E-state index in [2.05, 4.69) is 15.9 Å². The lowest BCUT2D eigenvalue weighted by Gasteiger charge is -2.08. The van der Waals surface area contributed by atoms with Gasteiger partial charge in [0.2, 0.25) is 0 Å². The first-order valence-corrected chi connectivity index (χ1v) is 6.02. The van der Waals surface area contributed by atoms with Gasteiger partial charge >= 0.3 is 0 Å². The molecule has 1 nitrogen and oxygen atoms in total. The van der Waals surface area contributed by atoms with Crippen LogP contribution in [0.25, 0.3) is 0 Å². The predicted octanol–water partition coefficient (Wildman–Crippen LogP) is 5.20. The van der Waals surface area contributed by atoms with Gasteiger partial charge in [-0.2, -0.15) is 0 Å². The third-order valence-electron chi connectivity index (χ3n) is 2.19. The summed E-state index contributed by atoms with van der Waals surface area (Å²) in [6, 6.07) is 13.3. The highest BCUT2D eigenvalue weighted by Crippen LogP contribution is 2.30. The Hall–Kier alpha value is -0.990. The molecule has 0 heterocycles. The highest BCUT2D eigenvalue weighted by Gasteiger charge is 2.03. The van der Waals surface area contributed by atoms with Crippen molar-refractivity contribution < 1.29 is 4.74 Å². The molecule has 0 spiro atoms. The van der Waals surface area contributed by atoms with Crippen LogP contribution >= 0.6 is 27.5 Å². The molecule has 0 aliphatic carbocycles. The van der Waals surface area contributed by atoms with Gasteiger partial charge in [0.25, 0.3) is 0 Å². The number of ether oxygens (including phenoxy) is 1. The van der Waals surface area contributed by atoms with E-state index in [4.69, 9.17) is 16.3 Å². The van der Waals surface area contributed by atoms with Crippen LogP contribution in [-0.2, 0) is 0 Å². The molecule has 0 bridgehead atoms. The fourth-order valence-corrected chi connectivity index (χ4v) is 1.82. The molecule has 2 rings (SSSR count). The van der Waals surface area contributed by atoms with Crippen molar-refractivity contribution >= 4 is 27.5 Å². The Bertz CT molecular complexity index is 511. The van der Waals surface area contributed by atoms with Crippen molar-refractivity contribution in [2.75, 3.05) is 0 Å². The average Bonchev–Trinajstić information content (AvgIpc) is 2.27. The first-order valence-electron chi connectivity index (χ1n) is 4.85. The second-order valence-electron chi connectivity index (χ2n) is 3.44. The van der Waals surface area contributed by atoms with E-state index in [1.54, 1.807) is 0 Å². The topological polar surface area (TPSA) is 9.23 Å². The van der Waals surface area contributed by atoms with Gasteiger partial charge < -0.3 is 4.74 Å². The number of para-hydroxylation sites is 1. The van der Waals surface area contributed by atoms with Crippen LogP contribution in [0.15, 0.2) is 46.9 Å². The minimum atomic E-state index is 0.750. The standard InChI is InChI=1S/C13H10BrClO/c1-9-8-10(6-7-12(9)15)16-13-5-3-2-4-11(13)14/h2-8H,1H3. The zero-order chi connectivity index (χ0) is 11.5. The second-order valence-corrected chi connectivity index (χ2v) is 4.71. The molecule has 2 aromatic rings. The number of aryl methyl sites for hydroxylation is 1. The summed E-state index contributed by atoms with van der Waals surface area (Å²) in [7, 11) is 0. The summed E-state index contributed by atoms with van der Waals surface area (Å²) in [4.78, 5) is 0. The Balaban J connectivity index is 2.28. The fourth-order valence-electron chi connectivity index (χ4n) is 1.34. The first-order chi connectivity index (χ1) is 7.66. The second kappa shape index (κ2) is 4.89. The third-order valence-corrected chi connectivity index (χ3v) is 3.27. The van der Waals surface area contributed by atoms with Crippen molar-refractivity contribution in [1.29, 1.82) is 0 Å². The molecule has 0 aliphatic heterocycles. The Kier molecular flexibility index (Phi) is 3.52. The largest absolute Gasteiger partial charge is 0.456 e. The van der Waals surface area contributed by atoms with Gasteiger partial charge in [-0.05, 0) is 58.7 Å². The molecule has 16 heavy (non-hydrogen) atoms. The van der Waals surface area contributed by atoms with Crippen LogP contribution in [0.3, 0.4) is 0 Å². The van der Waals surface area contributed by atoms with Gasteiger partial charge in [0, 0.05) is 5.02 Å². The molecule has 2 aromatic carbocycles. The van der Waals surface area contributed by atoms with Crippen LogP contribution < -0.4 is 4.74 Å². The van der Waals surface area contributed by atoms with Gasteiger partial charge in [-0.15, -0.1) is 0 Å². The maximum atomic E-state index is 5.95. The molecular formula is C13H10BrClO. The SMILES string of the molecule is Cc1cc(Oc2ccccc2Br)ccc1Cl. The van der Waals surface area contributed by atoms with Gasteiger partial charge in [-0.3, -0.25) is 0 Å². The zero-order valence-electron chi connectivity index (χ0n) is 8.71. The highest BCUT2D eigenvalue weighted by molar-refractivity contribution is 9.10. The van der Waals surface area contributed by atoms with Crippen LogP contribution in [0.1, 0.15) is 5.56 Å². The molecular weight excluding hydrogens is 287 g/mol. The van der Waals surface area contributed by atoms with Crippen LogP contribution in [0, 0.1) is 6.92 Å². The first kappa shape index (κ1) is 11.5. The van der Waals surface area contributed by atoms with E-state index in [1.165, 1.54) is 0 Å². The molecule has 82 valence electrons. The van der Waals surface area contributed by atoms with Gasteiger partial charge in [0.1, 0.15) is 11.5 Å². The Morgan fingerprint density at radius 1 is 1.12 bits per heavy atom. The normalized spacial score (nSPS) is 10.2. The lowest BCUT2D eigenvalue weighted by atomic mass is 10.2. The number of hydrogen-bond acceptors (Lipinski definition) is 1. The van der Waals surface area contributed by atoms with E-state index >= 15 is 0 Å². The minimum Gasteiger partial charge on any atom is -0.456 e. The summed E-state index contributed by atoms with van der Waals surface area (Å²) in [5.41, 5.74) is 1.01. The molecule has 0 unspecified atom stereocenters. The fraction of sp³-hybridized carbons (Fsp3) is 0.0769. The van der Waals surface area contributed by atoms with Crippen molar-refractivity contribution in [2.45, 2.75) is 6.92 Å². The van der Waals surface area contributed by atoms with Gasteiger partial charge in [-0.25, -0.2) is 0 Å². The van der Waals surface area contributed by atoms with E-state index in [0.29, 0.717) is 0 Å². The van der Waals surface area contributed by atoms with Crippen LogP contribution in [0.4, 0.5) is 0 Å². The maximum absolute atomic E-state index is 5.95. The maximum Gasteiger partial charge on any atom is 0.141 e. The van der Waals surface area contributed by atoms with Crippen molar-refractivity contribution in [3.63, 3.8) is 0 Å². The molecule has 0 aromatic heterocycles. The van der Waals surface area contributed by atoms with Crippen LogP contribution in [0.2, 0.25) is 5.02 Å². The van der Waals surface area contributed by atoms with E-state index in [0.717, 1.165) is 26.6 Å². The summed E-state index contributed by atoms with van der Waals surface area (Å²) < 4.78 is 6.67. The lowest BCUT2D eigenvalue weighted by Crippen LogP contribution is -1.86. The molecule has 0 saturated carbocycles. The van der Waals surface area contributed by atoms with Crippen molar-refractivity contribution in [2.24, 2.45) is 0 Å². The van der Waals surface area contributed by atoms with Crippen molar-refractivity contribution in [1.82, 2.24) is 0 Å². The van der Waals surface area contributed by atoms with E-state index < -0.39 is 0 Å². The summed E-state index contributed by atoms with van der Waals surface area (Å²) in [5.74, 6) is 1.58. The van der Waals surface area contributed by atoms with Crippen LogP contribution in [0.5, 0.6) is 11.5 Å². The quantitative estimate of drug-likeness (QED) is 0.740. The molecule has 0 amide bonds. The Morgan fingerprint density at radius 3 is 2.56 bits per heavy atom. The summed E-state index contributed by atoms with van der Waals surface area (Å²) in [6.07, 6.45) is 0. The number of benzene rings is 2. The van der Waals surface area contributed by atoms with Crippen LogP contribution in [-0.4, -0.2) is 0 Å². The highest BCUT2D eigenvalue weighted by atomic mass is 79.9. The van der Waals surface area contributed by atoms with Gasteiger partial charge in [-0.1, -0.05) is 23.7 Å². The predicted molar refractivity (Wildman–Crippen MR) is 70.4 cm³/mol. The summed E-state index contributed by atoms with van der Waals surface area (Å²) in [5, 5.41) is 0.750. The molecule has 0 aliphatic rings. The summed E-state index contributed by atoms with van der Waals surface area (Å²) in [6.45, 7) is 1.95. The molecule has 0 N–H and O–H groups in total. The molecule has 0 radical (unpaired) electrons. The monoisotopic (exact) mass is 296 g/mol. The van der Waals surface area contributed by atoms with E-state index in [-0.39, 0.29) is 0 Å². The van der Waals surface area contributed by atoms with Crippen molar-refractivity contribution in [3.05, 3.63) is 57.5 Å². The van der Waals surface area contributed by atoms with Crippen molar-refractivity contribution in [3.8, 4) is 11.5 Å². The van der Waals surface area contributed by atoms with E-state index in [9.17, 15) is 0 Å². The number of hydrogen-bond donors (Lipinski definition) is 0. The lowest BCUT2D eigenvalue weighted by molar-refractivity contribution is 0.479. The van der Waals surface area contributed by atoms with Gasteiger partial charge in [0.15, 0.2) is 0 Å². The minimum absolute atomic E-state index is 0.750. The summed E-state index contributed by atoms with van der Waals surface area (Å²) >= 11 is 9.39. The third kappa shape index (κ3) is 2.57. The number of rotatable bonds is 2. The molecule has 0 fully saturated rings. The molecule has 3 heteroatoms. The van der Waals surface area contributed by atoms with E-state index in [1.807, 2.05) is 49.4 Å².